The molecule has 1 N–H and O–H groups in total. The number of aliphatic hydroxyl groups excluding tert-OH is 1. The summed E-state index contributed by atoms with van der Waals surface area (Å²) in [6.07, 6.45) is 0.145. The molecule has 1 heterocycles. The van der Waals surface area contributed by atoms with Crippen LogP contribution in [0.3, 0.4) is 0 Å². The van der Waals surface area contributed by atoms with E-state index in [-0.39, 0.29) is 18.4 Å². The Morgan fingerprint density at radius 1 is 1.61 bits per heavy atom. The van der Waals surface area contributed by atoms with E-state index in [0.717, 1.165) is 18.8 Å². The van der Waals surface area contributed by atoms with Gasteiger partial charge in [-0.15, -0.1) is 0 Å². The smallest absolute Gasteiger partial charge is 0.275 e. The van der Waals surface area contributed by atoms with Gasteiger partial charge in [-0.1, -0.05) is 0 Å². The number of hydrogen-bond donors (Lipinski definition) is 1. The summed E-state index contributed by atoms with van der Waals surface area (Å²) in [7, 11) is 0. The molecule has 1 unspecified atom stereocenters. The number of anilines is 1. The minimum absolute atomic E-state index is 0.0393. The van der Waals surface area contributed by atoms with E-state index in [4.69, 9.17) is 4.74 Å². The Balaban J connectivity index is 2.26. The van der Waals surface area contributed by atoms with E-state index in [1.807, 2.05) is 6.92 Å². The molecule has 2 rings (SSSR count). The Hall–Kier alpha value is -1.66. The topological polar surface area (TPSA) is 75.8 Å². The number of nitro benzene ring substituents is 1. The van der Waals surface area contributed by atoms with Gasteiger partial charge in [0, 0.05) is 24.8 Å². The molecule has 0 saturated carbocycles. The van der Waals surface area contributed by atoms with Crippen molar-refractivity contribution in [1.29, 1.82) is 0 Å². The van der Waals surface area contributed by atoms with Gasteiger partial charge >= 0.3 is 0 Å². The van der Waals surface area contributed by atoms with Crippen molar-refractivity contribution in [2.24, 2.45) is 0 Å². The molecular weight excluding hydrogens is 236 g/mol. The van der Waals surface area contributed by atoms with Gasteiger partial charge in [0.25, 0.3) is 5.69 Å². The quantitative estimate of drug-likeness (QED) is 0.648. The van der Waals surface area contributed by atoms with Crippen LogP contribution in [0.2, 0.25) is 0 Å². The number of hydrogen-bond acceptors (Lipinski definition) is 5. The largest absolute Gasteiger partial charge is 0.391 e. The van der Waals surface area contributed by atoms with E-state index in [9.17, 15) is 15.2 Å². The monoisotopic (exact) mass is 252 g/mol. The average molecular weight is 252 g/mol. The van der Waals surface area contributed by atoms with Crippen molar-refractivity contribution in [2.45, 2.75) is 19.6 Å². The van der Waals surface area contributed by atoms with Gasteiger partial charge in [0.1, 0.15) is 0 Å². The fourth-order valence-electron chi connectivity index (χ4n) is 2.13. The van der Waals surface area contributed by atoms with Crippen molar-refractivity contribution in [3.05, 3.63) is 33.9 Å². The van der Waals surface area contributed by atoms with Crippen molar-refractivity contribution in [3.63, 3.8) is 0 Å². The van der Waals surface area contributed by atoms with E-state index in [2.05, 4.69) is 4.90 Å². The lowest BCUT2D eigenvalue weighted by molar-refractivity contribution is -0.385. The van der Waals surface area contributed by atoms with Crippen LogP contribution in [0, 0.1) is 10.1 Å². The van der Waals surface area contributed by atoms with E-state index >= 15 is 0 Å². The van der Waals surface area contributed by atoms with Crippen LogP contribution in [-0.2, 0) is 11.3 Å². The van der Waals surface area contributed by atoms with E-state index in [0.29, 0.717) is 12.2 Å². The third-order valence-electron chi connectivity index (χ3n) is 3.04. The van der Waals surface area contributed by atoms with E-state index < -0.39 is 4.92 Å². The molecule has 1 fully saturated rings. The number of morpholine rings is 1. The molecule has 0 spiro atoms. The molecule has 0 amide bonds. The maximum absolute atomic E-state index is 10.8. The number of benzene rings is 1. The average Bonchev–Trinajstić information content (AvgIpc) is 2.37. The second-order valence-corrected chi connectivity index (χ2v) is 4.36. The summed E-state index contributed by atoms with van der Waals surface area (Å²) >= 11 is 0. The molecule has 0 radical (unpaired) electrons. The molecule has 0 aromatic heterocycles. The first kappa shape index (κ1) is 12.8. The van der Waals surface area contributed by atoms with Gasteiger partial charge in [-0.3, -0.25) is 10.1 Å². The van der Waals surface area contributed by atoms with Crippen LogP contribution < -0.4 is 4.90 Å². The van der Waals surface area contributed by atoms with Crippen molar-refractivity contribution < 1.29 is 14.8 Å². The Morgan fingerprint density at radius 2 is 2.39 bits per heavy atom. The van der Waals surface area contributed by atoms with Crippen molar-refractivity contribution >= 4 is 11.4 Å². The lowest BCUT2D eigenvalue weighted by atomic mass is 10.1. The number of rotatable bonds is 3. The molecule has 6 heteroatoms. The van der Waals surface area contributed by atoms with Crippen molar-refractivity contribution in [3.8, 4) is 0 Å². The highest BCUT2D eigenvalue weighted by Gasteiger charge is 2.20. The highest BCUT2D eigenvalue weighted by molar-refractivity contribution is 5.55. The van der Waals surface area contributed by atoms with Crippen LogP contribution in [0.5, 0.6) is 0 Å². The molecule has 18 heavy (non-hydrogen) atoms. The summed E-state index contributed by atoms with van der Waals surface area (Å²) in [6, 6.07) is 4.84. The standard InChI is InChI=1S/C12H16N2O4/c1-9-7-13(4-5-18-9)11-2-3-12(14(16)17)10(6-11)8-15/h2-3,6,9,15H,4-5,7-8H2,1H3. The first-order valence-corrected chi connectivity index (χ1v) is 5.86. The van der Waals surface area contributed by atoms with Crippen LogP contribution in [-0.4, -0.2) is 35.8 Å². The van der Waals surface area contributed by atoms with Gasteiger partial charge in [0.15, 0.2) is 0 Å². The van der Waals surface area contributed by atoms with Gasteiger partial charge in [-0.05, 0) is 19.1 Å². The van der Waals surface area contributed by atoms with Crippen LogP contribution in [0.15, 0.2) is 18.2 Å². The summed E-state index contributed by atoms with van der Waals surface area (Å²) in [6.45, 7) is 3.82. The fraction of sp³-hybridized carbons (Fsp3) is 0.500. The predicted molar refractivity (Wildman–Crippen MR) is 66.6 cm³/mol. The molecule has 1 saturated heterocycles. The third kappa shape index (κ3) is 2.60. The minimum Gasteiger partial charge on any atom is -0.391 e. The summed E-state index contributed by atoms with van der Waals surface area (Å²) in [5, 5.41) is 20.0. The second-order valence-electron chi connectivity index (χ2n) is 4.36. The first-order valence-electron chi connectivity index (χ1n) is 5.86. The molecule has 6 nitrogen and oxygen atoms in total. The molecule has 1 aromatic rings. The Kier molecular flexibility index (Phi) is 3.78. The van der Waals surface area contributed by atoms with E-state index in [1.165, 1.54) is 6.07 Å². The van der Waals surface area contributed by atoms with Gasteiger partial charge < -0.3 is 14.7 Å². The lowest BCUT2D eigenvalue weighted by Gasteiger charge is -2.33. The molecule has 1 aliphatic heterocycles. The zero-order chi connectivity index (χ0) is 13.1. The first-order chi connectivity index (χ1) is 8.61. The lowest BCUT2D eigenvalue weighted by Crippen LogP contribution is -2.41. The summed E-state index contributed by atoms with van der Waals surface area (Å²) < 4.78 is 5.45. The Morgan fingerprint density at radius 3 is 3.00 bits per heavy atom. The molecule has 1 aromatic carbocycles. The van der Waals surface area contributed by atoms with E-state index in [1.54, 1.807) is 12.1 Å². The van der Waals surface area contributed by atoms with Crippen LogP contribution in [0.25, 0.3) is 0 Å². The van der Waals surface area contributed by atoms with Gasteiger partial charge in [-0.25, -0.2) is 0 Å². The molecule has 98 valence electrons. The Bertz CT molecular complexity index is 450. The maximum atomic E-state index is 10.8. The van der Waals surface area contributed by atoms with Crippen molar-refractivity contribution in [1.82, 2.24) is 0 Å². The maximum Gasteiger partial charge on any atom is 0.275 e. The number of ether oxygens (including phenoxy) is 1. The molecule has 0 bridgehead atoms. The Labute approximate surface area is 105 Å². The minimum atomic E-state index is -0.475. The van der Waals surface area contributed by atoms with Crippen LogP contribution >= 0.6 is 0 Å². The summed E-state index contributed by atoms with van der Waals surface area (Å²) in [5.41, 5.74) is 1.19. The van der Waals surface area contributed by atoms with Gasteiger partial charge in [0.05, 0.1) is 29.8 Å². The zero-order valence-electron chi connectivity index (χ0n) is 10.2. The second kappa shape index (κ2) is 5.32. The predicted octanol–water partition coefficient (Wildman–Crippen LogP) is 1.31. The van der Waals surface area contributed by atoms with Crippen LogP contribution in [0.1, 0.15) is 12.5 Å². The SMILES string of the molecule is CC1CN(c2ccc([N+](=O)[O-])c(CO)c2)CCO1. The van der Waals surface area contributed by atoms with Crippen LogP contribution in [0.4, 0.5) is 11.4 Å². The highest BCUT2D eigenvalue weighted by Crippen LogP contribution is 2.26. The molecule has 1 aliphatic rings. The molecule has 1 atom stereocenters. The fourth-order valence-corrected chi connectivity index (χ4v) is 2.13. The number of aliphatic hydroxyl groups is 1. The van der Waals surface area contributed by atoms with Gasteiger partial charge in [0.2, 0.25) is 0 Å². The summed E-state index contributed by atoms with van der Waals surface area (Å²) in [4.78, 5) is 12.4. The van der Waals surface area contributed by atoms with Gasteiger partial charge in [-0.2, -0.15) is 0 Å². The molecular formula is C12H16N2O4. The molecule has 0 aliphatic carbocycles. The zero-order valence-corrected chi connectivity index (χ0v) is 10.2. The highest BCUT2D eigenvalue weighted by atomic mass is 16.6. The number of nitro groups is 1. The summed E-state index contributed by atoms with van der Waals surface area (Å²) in [5.74, 6) is 0. The third-order valence-corrected chi connectivity index (χ3v) is 3.04. The number of nitrogens with zero attached hydrogens (tertiary/aromatic N) is 2. The normalized spacial score (nSPS) is 19.9. The van der Waals surface area contributed by atoms with Crippen molar-refractivity contribution in [2.75, 3.05) is 24.6 Å².